The van der Waals surface area contributed by atoms with Crippen molar-refractivity contribution < 1.29 is 0 Å². The molecule has 0 saturated heterocycles. The van der Waals surface area contributed by atoms with Gasteiger partial charge in [-0.05, 0) is 85.8 Å². The van der Waals surface area contributed by atoms with E-state index >= 15 is 0 Å². The summed E-state index contributed by atoms with van der Waals surface area (Å²) < 4.78 is 0. The highest BCUT2D eigenvalue weighted by Crippen LogP contribution is 2.51. The van der Waals surface area contributed by atoms with E-state index in [1.807, 2.05) is 0 Å². The summed E-state index contributed by atoms with van der Waals surface area (Å²) in [7, 11) is 0. The largest absolute Gasteiger partial charge is 0.0619 e. The third kappa shape index (κ3) is 1.94. The summed E-state index contributed by atoms with van der Waals surface area (Å²) in [5.74, 6) is 0. The molecule has 29 heavy (non-hydrogen) atoms. The Morgan fingerprint density at radius 1 is 0.517 bits per heavy atom. The first-order valence-corrected chi connectivity index (χ1v) is 10.5. The molecule has 0 N–H and O–H groups in total. The third-order valence-corrected chi connectivity index (χ3v) is 6.98. The van der Waals surface area contributed by atoms with Crippen LogP contribution in [0.1, 0.15) is 27.8 Å². The Hall–Kier alpha value is -3.38. The zero-order valence-corrected chi connectivity index (χ0v) is 16.4. The summed E-state index contributed by atoms with van der Waals surface area (Å²) in [5.41, 5.74) is 13.2. The van der Waals surface area contributed by atoms with Crippen LogP contribution >= 0.6 is 0 Å². The van der Waals surface area contributed by atoms with Crippen LogP contribution < -0.4 is 0 Å². The standard InChI is InChI=1S/C29H20/c1-17-10-12-23-25(14-17)21-8-4-5-9-24(21)29-27(23)16-19-11-13-22-20-7-3-2-6-18(20)15-26(22)28(19)29/h2-14H,15-16H2,1H3. The molecule has 0 heteroatoms. The van der Waals surface area contributed by atoms with E-state index in [0.717, 1.165) is 12.8 Å². The lowest BCUT2D eigenvalue weighted by Gasteiger charge is -2.15. The van der Waals surface area contributed by atoms with Gasteiger partial charge in [0.25, 0.3) is 0 Å². The number of fused-ring (bicyclic) bond motifs is 12. The maximum Gasteiger partial charge on any atom is -0.000694 e. The molecule has 2 aliphatic rings. The minimum absolute atomic E-state index is 1.04. The number of aryl methyl sites for hydroxylation is 1. The van der Waals surface area contributed by atoms with Crippen molar-refractivity contribution in [1.29, 1.82) is 0 Å². The van der Waals surface area contributed by atoms with Gasteiger partial charge in [-0.3, -0.25) is 0 Å². The normalized spacial score (nSPS) is 13.4. The van der Waals surface area contributed by atoms with Crippen LogP contribution in [0.5, 0.6) is 0 Å². The molecular weight excluding hydrogens is 348 g/mol. The molecule has 0 heterocycles. The van der Waals surface area contributed by atoms with Crippen molar-refractivity contribution in [3.8, 4) is 22.3 Å². The van der Waals surface area contributed by atoms with Crippen molar-refractivity contribution in [2.24, 2.45) is 0 Å². The molecule has 0 spiro atoms. The maximum absolute atomic E-state index is 2.38. The predicted octanol–water partition coefficient (Wildman–Crippen LogP) is 7.44. The molecule has 136 valence electrons. The molecule has 0 saturated carbocycles. The SMILES string of the molecule is Cc1ccc2c3c(c4ccccc4c2c1)-c1c(ccc2c1Cc1ccccc1-2)C3. The molecule has 0 atom stereocenters. The van der Waals surface area contributed by atoms with Crippen LogP contribution in [0.2, 0.25) is 0 Å². The van der Waals surface area contributed by atoms with E-state index in [-0.39, 0.29) is 0 Å². The fraction of sp³-hybridized carbons (Fsp3) is 0.103. The molecule has 0 fully saturated rings. The van der Waals surface area contributed by atoms with E-state index in [0.29, 0.717) is 0 Å². The summed E-state index contributed by atoms with van der Waals surface area (Å²) in [4.78, 5) is 0. The Bertz CT molecular complexity index is 1500. The van der Waals surface area contributed by atoms with Crippen LogP contribution in [-0.2, 0) is 12.8 Å². The van der Waals surface area contributed by atoms with E-state index in [1.54, 1.807) is 0 Å². The van der Waals surface area contributed by atoms with Crippen molar-refractivity contribution in [2.75, 3.05) is 0 Å². The Morgan fingerprint density at radius 3 is 2.24 bits per heavy atom. The minimum atomic E-state index is 1.04. The monoisotopic (exact) mass is 368 g/mol. The Morgan fingerprint density at radius 2 is 1.31 bits per heavy atom. The summed E-state index contributed by atoms with van der Waals surface area (Å²) in [6, 6.07) is 29.6. The summed E-state index contributed by atoms with van der Waals surface area (Å²) in [5, 5.41) is 5.60. The molecule has 0 bridgehead atoms. The van der Waals surface area contributed by atoms with Crippen LogP contribution in [0, 0.1) is 6.92 Å². The summed E-state index contributed by atoms with van der Waals surface area (Å²) >= 11 is 0. The van der Waals surface area contributed by atoms with Gasteiger partial charge in [0.05, 0.1) is 0 Å². The van der Waals surface area contributed by atoms with Crippen molar-refractivity contribution in [3.05, 3.63) is 107 Å². The van der Waals surface area contributed by atoms with Gasteiger partial charge in [-0.2, -0.15) is 0 Å². The number of hydrogen-bond donors (Lipinski definition) is 0. The second kappa shape index (κ2) is 5.36. The van der Waals surface area contributed by atoms with Crippen LogP contribution in [0.4, 0.5) is 0 Å². The lowest BCUT2D eigenvalue weighted by atomic mass is 9.89. The smallest absolute Gasteiger partial charge is 0.000694 e. The van der Waals surface area contributed by atoms with E-state index in [4.69, 9.17) is 0 Å². The molecule has 0 amide bonds. The number of rotatable bonds is 0. The van der Waals surface area contributed by atoms with Crippen molar-refractivity contribution in [3.63, 3.8) is 0 Å². The number of hydrogen-bond acceptors (Lipinski definition) is 0. The molecule has 5 aromatic carbocycles. The average molecular weight is 368 g/mol. The van der Waals surface area contributed by atoms with Gasteiger partial charge >= 0.3 is 0 Å². The van der Waals surface area contributed by atoms with Crippen LogP contribution in [0.25, 0.3) is 43.8 Å². The zero-order chi connectivity index (χ0) is 19.1. The molecule has 0 nitrogen and oxygen atoms in total. The second-order valence-electron chi connectivity index (χ2n) is 8.58. The minimum Gasteiger partial charge on any atom is -0.0619 e. The van der Waals surface area contributed by atoms with Gasteiger partial charge < -0.3 is 0 Å². The van der Waals surface area contributed by atoms with E-state index in [2.05, 4.69) is 85.8 Å². The van der Waals surface area contributed by atoms with Crippen LogP contribution in [0.15, 0.2) is 78.9 Å². The quantitative estimate of drug-likeness (QED) is 0.244. The molecule has 0 aromatic heterocycles. The van der Waals surface area contributed by atoms with Crippen LogP contribution in [0.3, 0.4) is 0 Å². The highest BCUT2D eigenvalue weighted by atomic mass is 14.3. The topological polar surface area (TPSA) is 0 Å². The molecule has 5 aromatic rings. The van der Waals surface area contributed by atoms with E-state index in [9.17, 15) is 0 Å². The van der Waals surface area contributed by atoms with Gasteiger partial charge in [-0.15, -0.1) is 0 Å². The second-order valence-corrected chi connectivity index (χ2v) is 8.58. The molecule has 0 radical (unpaired) electrons. The Balaban J connectivity index is 1.64. The Labute approximate surface area is 170 Å². The lowest BCUT2D eigenvalue weighted by molar-refractivity contribution is 1.24. The first-order valence-electron chi connectivity index (χ1n) is 10.5. The van der Waals surface area contributed by atoms with Gasteiger partial charge in [-0.25, -0.2) is 0 Å². The number of benzene rings is 5. The molecule has 2 aliphatic carbocycles. The first-order chi connectivity index (χ1) is 14.3. The van der Waals surface area contributed by atoms with E-state index < -0.39 is 0 Å². The van der Waals surface area contributed by atoms with E-state index in [1.165, 1.54) is 71.6 Å². The Kier molecular flexibility index (Phi) is 2.87. The highest BCUT2D eigenvalue weighted by Gasteiger charge is 2.30. The lowest BCUT2D eigenvalue weighted by Crippen LogP contribution is -1.91. The van der Waals surface area contributed by atoms with Crippen molar-refractivity contribution >= 4 is 21.5 Å². The van der Waals surface area contributed by atoms with Crippen LogP contribution in [-0.4, -0.2) is 0 Å². The zero-order valence-electron chi connectivity index (χ0n) is 16.4. The maximum atomic E-state index is 2.38. The molecule has 0 unspecified atom stereocenters. The predicted molar refractivity (Wildman–Crippen MR) is 123 cm³/mol. The van der Waals surface area contributed by atoms with Gasteiger partial charge in [0, 0.05) is 0 Å². The van der Waals surface area contributed by atoms with Gasteiger partial charge in [-0.1, -0.05) is 84.4 Å². The van der Waals surface area contributed by atoms with Gasteiger partial charge in [0.15, 0.2) is 0 Å². The highest BCUT2D eigenvalue weighted by molar-refractivity contribution is 6.18. The third-order valence-electron chi connectivity index (χ3n) is 6.98. The summed E-state index contributed by atoms with van der Waals surface area (Å²) in [6.07, 6.45) is 2.09. The van der Waals surface area contributed by atoms with Crippen molar-refractivity contribution in [1.82, 2.24) is 0 Å². The van der Waals surface area contributed by atoms with Gasteiger partial charge in [0.2, 0.25) is 0 Å². The van der Waals surface area contributed by atoms with Gasteiger partial charge in [0.1, 0.15) is 0 Å². The fourth-order valence-electron chi connectivity index (χ4n) is 5.76. The molecular formula is C29H20. The first kappa shape index (κ1) is 15.5. The molecule has 7 rings (SSSR count). The molecule has 0 aliphatic heterocycles. The van der Waals surface area contributed by atoms with Crippen molar-refractivity contribution in [2.45, 2.75) is 19.8 Å². The average Bonchev–Trinajstić information content (AvgIpc) is 3.32. The fourth-order valence-corrected chi connectivity index (χ4v) is 5.76. The summed E-state index contributed by atoms with van der Waals surface area (Å²) in [6.45, 7) is 2.19.